The van der Waals surface area contributed by atoms with Gasteiger partial charge in [-0.2, -0.15) is 0 Å². The van der Waals surface area contributed by atoms with Crippen molar-refractivity contribution in [2.45, 2.75) is 17.7 Å². The zero-order valence-corrected chi connectivity index (χ0v) is 20.2. The molecule has 0 unspecified atom stereocenters. The summed E-state index contributed by atoms with van der Waals surface area (Å²) in [6.45, 7) is 1.01. The first kappa shape index (κ1) is 23.8. The van der Waals surface area contributed by atoms with E-state index in [1.165, 1.54) is 30.6 Å². The van der Waals surface area contributed by atoms with Gasteiger partial charge in [-0.25, -0.2) is 8.42 Å². The third-order valence-corrected chi connectivity index (χ3v) is 7.87. The predicted molar refractivity (Wildman–Crippen MR) is 132 cm³/mol. The fraction of sp³-hybridized carbons (Fsp3) is 0.250. The van der Waals surface area contributed by atoms with Crippen molar-refractivity contribution >= 4 is 44.5 Å². The lowest BCUT2D eigenvalue weighted by Gasteiger charge is -2.31. The number of methoxy groups -OCH3 is 1. The lowest BCUT2D eigenvalue weighted by molar-refractivity contribution is -0.121. The van der Waals surface area contributed by atoms with Crippen LogP contribution in [0.5, 0.6) is 5.75 Å². The molecule has 34 heavy (non-hydrogen) atoms. The van der Waals surface area contributed by atoms with Crippen LogP contribution in [0.1, 0.15) is 22.5 Å². The molecular formula is C24H25N3O5S2. The second-order valence-electron chi connectivity index (χ2n) is 7.87. The number of para-hydroxylation sites is 2. The summed E-state index contributed by atoms with van der Waals surface area (Å²) in [5, 5.41) is 4.69. The zero-order valence-electron chi connectivity index (χ0n) is 18.6. The Bertz CT molecular complexity index is 1270. The summed E-state index contributed by atoms with van der Waals surface area (Å²) in [6.07, 6.45) is 1.10. The minimum absolute atomic E-state index is 0.00527. The minimum Gasteiger partial charge on any atom is -0.495 e. The number of benzene rings is 2. The number of carbonyl (C=O) groups excluding carboxylic acids is 2. The van der Waals surface area contributed by atoms with Crippen LogP contribution in [0.25, 0.3) is 0 Å². The minimum atomic E-state index is -3.89. The third kappa shape index (κ3) is 5.40. The van der Waals surface area contributed by atoms with E-state index < -0.39 is 10.0 Å². The smallest absolute Gasteiger partial charge is 0.263 e. The summed E-state index contributed by atoms with van der Waals surface area (Å²) in [7, 11) is -2.43. The van der Waals surface area contributed by atoms with Crippen molar-refractivity contribution in [2.24, 2.45) is 5.92 Å². The van der Waals surface area contributed by atoms with Crippen molar-refractivity contribution in [1.82, 2.24) is 4.90 Å². The Morgan fingerprint density at radius 3 is 2.50 bits per heavy atom. The summed E-state index contributed by atoms with van der Waals surface area (Å²) in [5.74, 6) is -0.0384. The van der Waals surface area contributed by atoms with Gasteiger partial charge in [-0.05, 0) is 54.6 Å². The van der Waals surface area contributed by atoms with Gasteiger partial charge in [0.25, 0.3) is 15.9 Å². The number of likely N-dealkylation sites (tertiary alicyclic amines) is 1. The number of thiophene rings is 1. The number of carbonyl (C=O) groups is 2. The number of amides is 2. The molecule has 8 nitrogen and oxygen atoms in total. The van der Waals surface area contributed by atoms with Gasteiger partial charge in [-0.3, -0.25) is 14.3 Å². The Kier molecular flexibility index (Phi) is 7.18. The molecule has 0 atom stereocenters. The van der Waals surface area contributed by atoms with Crippen LogP contribution in [0.3, 0.4) is 0 Å². The number of hydrogen-bond donors (Lipinski definition) is 2. The highest BCUT2D eigenvalue weighted by molar-refractivity contribution is 7.92. The van der Waals surface area contributed by atoms with E-state index in [9.17, 15) is 18.0 Å². The molecule has 178 valence electrons. The molecule has 2 heterocycles. The number of piperidine rings is 1. The van der Waals surface area contributed by atoms with Gasteiger partial charge in [-0.15, -0.1) is 11.3 Å². The summed E-state index contributed by atoms with van der Waals surface area (Å²) in [6, 6.07) is 16.5. The highest BCUT2D eigenvalue weighted by Gasteiger charge is 2.28. The number of ether oxygens (including phenoxy) is 1. The number of nitrogens with zero attached hydrogens (tertiary/aromatic N) is 1. The maximum absolute atomic E-state index is 12.9. The van der Waals surface area contributed by atoms with Gasteiger partial charge < -0.3 is 15.0 Å². The Labute approximate surface area is 202 Å². The second-order valence-corrected chi connectivity index (χ2v) is 10.5. The topological polar surface area (TPSA) is 105 Å². The number of hydrogen-bond acceptors (Lipinski definition) is 6. The van der Waals surface area contributed by atoms with E-state index in [1.807, 2.05) is 11.4 Å². The van der Waals surface area contributed by atoms with Crippen LogP contribution in [0.4, 0.5) is 11.4 Å². The molecule has 0 saturated carbocycles. The first-order valence-electron chi connectivity index (χ1n) is 10.8. The molecular weight excluding hydrogens is 474 g/mol. The summed E-state index contributed by atoms with van der Waals surface area (Å²) in [5.41, 5.74) is 0.716. The van der Waals surface area contributed by atoms with Gasteiger partial charge in [0.2, 0.25) is 5.91 Å². The summed E-state index contributed by atoms with van der Waals surface area (Å²) < 4.78 is 33.5. The molecule has 1 saturated heterocycles. The van der Waals surface area contributed by atoms with Crippen LogP contribution < -0.4 is 14.8 Å². The van der Waals surface area contributed by atoms with Gasteiger partial charge in [0, 0.05) is 24.7 Å². The molecule has 1 aliphatic heterocycles. The summed E-state index contributed by atoms with van der Waals surface area (Å²) in [4.78, 5) is 27.8. The van der Waals surface area contributed by atoms with Crippen molar-refractivity contribution < 1.29 is 22.7 Å². The van der Waals surface area contributed by atoms with Crippen molar-refractivity contribution in [3.05, 3.63) is 70.9 Å². The molecule has 1 aromatic heterocycles. The van der Waals surface area contributed by atoms with Crippen molar-refractivity contribution in [2.75, 3.05) is 30.2 Å². The quantitative estimate of drug-likeness (QED) is 0.510. The van der Waals surface area contributed by atoms with Crippen LogP contribution in [-0.4, -0.2) is 45.3 Å². The highest BCUT2D eigenvalue weighted by Crippen LogP contribution is 2.27. The molecule has 0 aliphatic carbocycles. The Balaban J connectivity index is 1.38. The van der Waals surface area contributed by atoms with E-state index in [1.54, 1.807) is 47.4 Å². The fourth-order valence-electron chi connectivity index (χ4n) is 3.82. The fourth-order valence-corrected chi connectivity index (χ4v) is 5.63. The molecule has 2 amide bonds. The zero-order chi connectivity index (χ0) is 24.1. The van der Waals surface area contributed by atoms with Crippen molar-refractivity contribution in [3.8, 4) is 5.75 Å². The Hall–Kier alpha value is -3.37. The first-order chi connectivity index (χ1) is 16.4. The molecule has 1 aliphatic rings. The van der Waals surface area contributed by atoms with E-state index in [-0.39, 0.29) is 22.6 Å². The van der Waals surface area contributed by atoms with Crippen LogP contribution in [0.15, 0.2) is 70.9 Å². The normalized spacial score (nSPS) is 14.4. The van der Waals surface area contributed by atoms with Gasteiger partial charge in [0.1, 0.15) is 5.75 Å². The number of sulfonamides is 1. The van der Waals surface area contributed by atoms with Gasteiger partial charge >= 0.3 is 0 Å². The molecule has 10 heteroatoms. The molecule has 3 aromatic rings. The van der Waals surface area contributed by atoms with Gasteiger partial charge in [0.15, 0.2) is 0 Å². The van der Waals surface area contributed by atoms with Crippen molar-refractivity contribution in [3.63, 3.8) is 0 Å². The number of nitrogens with one attached hydrogen (secondary N) is 2. The molecule has 1 fully saturated rings. The largest absolute Gasteiger partial charge is 0.495 e. The average molecular weight is 500 g/mol. The maximum atomic E-state index is 12.9. The molecule has 2 aromatic carbocycles. The number of rotatable bonds is 7. The van der Waals surface area contributed by atoms with E-state index in [0.29, 0.717) is 47.9 Å². The SMILES string of the molecule is COc1ccccc1NS(=O)(=O)c1cccc(NC(=O)C2CCN(C(=O)c3cccs3)CC2)c1. The first-order valence-corrected chi connectivity index (χ1v) is 13.1. The highest BCUT2D eigenvalue weighted by atomic mass is 32.2. The maximum Gasteiger partial charge on any atom is 0.263 e. The van der Waals surface area contributed by atoms with Crippen LogP contribution >= 0.6 is 11.3 Å². The van der Waals surface area contributed by atoms with Crippen LogP contribution in [-0.2, 0) is 14.8 Å². The van der Waals surface area contributed by atoms with Crippen LogP contribution in [0, 0.1) is 5.92 Å². The predicted octanol–water partition coefficient (Wildman–Crippen LogP) is 4.05. The monoisotopic (exact) mass is 499 g/mol. The van der Waals surface area contributed by atoms with Crippen molar-refractivity contribution in [1.29, 1.82) is 0 Å². The lowest BCUT2D eigenvalue weighted by atomic mass is 9.95. The lowest BCUT2D eigenvalue weighted by Crippen LogP contribution is -2.41. The van der Waals surface area contributed by atoms with E-state index in [4.69, 9.17) is 4.74 Å². The molecule has 0 bridgehead atoms. The molecule has 0 spiro atoms. The van der Waals surface area contributed by atoms with E-state index >= 15 is 0 Å². The van der Waals surface area contributed by atoms with E-state index in [0.717, 1.165) is 0 Å². The van der Waals surface area contributed by atoms with Gasteiger partial charge in [-0.1, -0.05) is 24.3 Å². The second kappa shape index (κ2) is 10.3. The Morgan fingerprint density at radius 2 is 1.79 bits per heavy atom. The Morgan fingerprint density at radius 1 is 1.03 bits per heavy atom. The van der Waals surface area contributed by atoms with Gasteiger partial charge in [0.05, 0.1) is 22.6 Å². The molecule has 2 N–H and O–H groups in total. The standard InChI is InChI=1S/C24H25N3O5S2/c1-32-21-9-3-2-8-20(21)26-34(30,31)19-7-4-6-18(16-19)25-23(28)17-11-13-27(14-12-17)24(29)22-10-5-15-33-22/h2-10,15-17,26H,11-14H2,1H3,(H,25,28). The molecule has 0 radical (unpaired) electrons. The van der Waals surface area contributed by atoms with Crippen LogP contribution in [0.2, 0.25) is 0 Å². The third-order valence-electron chi connectivity index (χ3n) is 5.65. The van der Waals surface area contributed by atoms with E-state index in [2.05, 4.69) is 10.0 Å². The number of anilines is 2. The molecule has 4 rings (SSSR count). The summed E-state index contributed by atoms with van der Waals surface area (Å²) >= 11 is 1.41. The average Bonchev–Trinajstić information content (AvgIpc) is 3.39.